The molecule has 1 fully saturated rings. The van der Waals surface area contributed by atoms with Gasteiger partial charge in [0.15, 0.2) is 0 Å². The first-order valence-corrected chi connectivity index (χ1v) is 12.7. The lowest BCUT2D eigenvalue weighted by atomic mass is 9.86. The lowest BCUT2D eigenvalue weighted by Gasteiger charge is -2.37. The molecule has 0 aromatic carbocycles. The van der Waals surface area contributed by atoms with E-state index >= 15 is 0 Å². The van der Waals surface area contributed by atoms with Crippen LogP contribution in [-0.2, 0) is 23.9 Å². The number of cyclic esters (lactones) is 1. The molecular formula is C25H45NO5. The van der Waals surface area contributed by atoms with Gasteiger partial charge in [-0.2, -0.15) is 0 Å². The standard InChI is InChI=1S/C25H45NO5/c1-3-5-7-9-10-11-12-13-14-16-21(30-24(28)19-26-20-27)18-23-22(25(29)31-23)17-15-8-6-4-2/h20-23H,3-19H2,1-2H3,(H,26,27)/t21-,22-,23?/m1/s1. The summed E-state index contributed by atoms with van der Waals surface area (Å²) in [4.78, 5) is 34.3. The molecule has 0 radical (unpaired) electrons. The quantitative estimate of drug-likeness (QED) is 0.146. The second kappa shape index (κ2) is 18.0. The van der Waals surface area contributed by atoms with Gasteiger partial charge in [-0.1, -0.05) is 90.9 Å². The molecule has 1 amide bonds. The minimum atomic E-state index is -0.432. The van der Waals surface area contributed by atoms with Crippen molar-refractivity contribution >= 4 is 18.3 Å². The Hall–Kier alpha value is -1.59. The Morgan fingerprint density at radius 2 is 1.55 bits per heavy atom. The monoisotopic (exact) mass is 439 g/mol. The molecule has 1 N–H and O–H groups in total. The third-order valence-electron chi connectivity index (χ3n) is 6.14. The fraction of sp³-hybridized carbons (Fsp3) is 0.880. The van der Waals surface area contributed by atoms with Crippen LogP contribution in [0.25, 0.3) is 0 Å². The van der Waals surface area contributed by atoms with Crippen LogP contribution >= 0.6 is 0 Å². The van der Waals surface area contributed by atoms with E-state index in [1.165, 1.54) is 57.8 Å². The van der Waals surface area contributed by atoms with E-state index in [1.54, 1.807) is 0 Å². The van der Waals surface area contributed by atoms with Crippen LogP contribution in [0.1, 0.15) is 117 Å². The van der Waals surface area contributed by atoms with Crippen LogP contribution in [0, 0.1) is 5.92 Å². The van der Waals surface area contributed by atoms with Crippen molar-refractivity contribution in [2.75, 3.05) is 6.54 Å². The van der Waals surface area contributed by atoms with E-state index in [2.05, 4.69) is 19.2 Å². The number of hydrogen-bond acceptors (Lipinski definition) is 5. The Bertz CT molecular complexity index is 496. The number of esters is 2. The van der Waals surface area contributed by atoms with Gasteiger partial charge in [0.2, 0.25) is 6.41 Å². The number of ether oxygens (including phenoxy) is 2. The van der Waals surface area contributed by atoms with E-state index in [1.807, 2.05) is 0 Å². The summed E-state index contributed by atoms with van der Waals surface area (Å²) >= 11 is 0. The van der Waals surface area contributed by atoms with E-state index < -0.39 is 5.97 Å². The number of carbonyl (C=O) groups excluding carboxylic acids is 3. The van der Waals surface area contributed by atoms with Gasteiger partial charge in [0.1, 0.15) is 18.8 Å². The van der Waals surface area contributed by atoms with Crippen molar-refractivity contribution in [3.63, 3.8) is 0 Å². The number of carbonyl (C=O) groups is 3. The highest BCUT2D eigenvalue weighted by Gasteiger charge is 2.43. The highest BCUT2D eigenvalue weighted by molar-refractivity contribution is 5.78. The fourth-order valence-electron chi connectivity index (χ4n) is 4.22. The molecule has 180 valence electrons. The van der Waals surface area contributed by atoms with Crippen LogP contribution in [0.3, 0.4) is 0 Å². The molecule has 1 rings (SSSR count). The third kappa shape index (κ3) is 12.8. The van der Waals surface area contributed by atoms with Crippen LogP contribution in [0.5, 0.6) is 0 Å². The number of rotatable bonds is 21. The van der Waals surface area contributed by atoms with Gasteiger partial charge in [0.05, 0.1) is 5.92 Å². The van der Waals surface area contributed by atoms with E-state index in [4.69, 9.17) is 9.47 Å². The summed E-state index contributed by atoms with van der Waals surface area (Å²) in [7, 11) is 0. The average molecular weight is 440 g/mol. The Labute approximate surface area is 189 Å². The minimum Gasteiger partial charge on any atom is -0.461 e. The number of nitrogens with one attached hydrogen (secondary N) is 1. The molecule has 3 atom stereocenters. The van der Waals surface area contributed by atoms with Crippen LogP contribution in [0.2, 0.25) is 0 Å². The molecule has 0 aliphatic carbocycles. The van der Waals surface area contributed by atoms with Gasteiger partial charge in [0, 0.05) is 6.42 Å². The molecule has 0 aromatic rings. The van der Waals surface area contributed by atoms with Gasteiger partial charge in [0.25, 0.3) is 0 Å². The van der Waals surface area contributed by atoms with E-state index in [9.17, 15) is 14.4 Å². The predicted octanol–water partition coefficient (Wildman–Crippen LogP) is 5.47. The van der Waals surface area contributed by atoms with Gasteiger partial charge < -0.3 is 14.8 Å². The molecule has 1 heterocycles. The molecule has 31 heavy (non-hydrogen) atoms. The van der Waals surface area contributed by atoms with Crippen LogP contribution in [-0.4, -0.2) is 37.1 Å². The summed E-state index contributed by atoms with van der Waals surface area (Å²) in [6, 6.07) is 0. The second-order valence-corrected chi connectivity index (χ2v) is 8.89. The first-order valence-electron chi connectivity index (χ1n) is 12.7. The highest BCUT2D eigenvalue weighted by atomic mass is 16.6. The maximum atomic E-state index is 12.0. The molecule has 0 aromatic heterocycles. The Kier molecular flexibility index (Phi) is 16.0. The van der Waals surface area contributed by atoms with Crippen molar-refractivity contribution < 1.29 is 23.9 Å². The van der Waals surface area contributed by atoms with E-state index in [-0.39, 0.29) is 30.6 Å². The Morgan fingerprint density at radius 1 is 0.968 bits per heavy atom. The average Bonchev–Trinajstić information content (AvgIpc) is 2.75. The molecule has 6 nitrogen and oxygen atoms in total. The smallest absolute Gasteiger partial charge is 0.325 e. The second-order valence-electron chi connectivity index (χ2n) is 8.89. The molecule has 6 heteroatoms. The van der Waals surface area contributed by atoms with Crippen LogP contribution < -0.4 is 5.32 Å². The zero-order valence-electron chi connectivity index (χ0n) is 19.9. The first-order chi connectivity index (χ1) is 15.1. The zero-order valence-corrected chi connectivity index (χ0v) is 19.9. The summed E-state index contributed by atoms with van der Waals surface area (Å²) < 4.78 is 11.0. The van der Waals surface area contributed by atoms with Crippen molar-refractivity contribution in [2.45, 2.75) is 129 Å². The predicted molar refractivity (Wildman–Crippen MR) is 123 cm³/mol. The van der Waals surface area contributed by atoms with Gasteiger partial charge in [-0.15, -0.1) is 0 Å². The lowest BCUT2D eigenvalue weighted by Crippen LogP contribution is -2.47. The summed E-state index contributed by atoms with van der Waals surface area (Å²) in [5.41, 5.74) is 0. The largest absolute Gasteiger partial charge is 0.461 e. The zero-order chi connectivity index (χ0) is 22.7. The van der Waals surface area contributed by atoms with Crippen molar-refractivity contribution in [3.05, 3.63) is 0 Å². The van der Waals surface area contributed by atoms with Crippen molar-refractivity contribution in [1.29, 1.82) is 0 Å². The maximum absolute atomic E-state index is 12.0. The van der Waals surface area contributed by atoms with Gasteiger partial charge in [-0.25, -0.2) is 0 Å². The molecule has 1 aliphatic rings. The number of unbranched alkanes of at least 4 members (excludes halogenated alkanes) is 11. The van der Waals surface area contributed by atoms with Crippen LogP contribution in [0.4, 0.5) is 0 Å². The molecule has 0 spiro atoms. The Morgan fingerprint density at radius 3 is 2.13 bits per heavy atom. The summed E-state index contributed by atoms with van der Waals surface area (Å²) in [6.07, 6.45) is 18.0. The van der Waals surface area contributed by atoms with Gasteiger partial charge in [-0.3, -0.25) is 14.4 Å². The topological polar surface area (TPSA) is 81.7 Å². The Balaban J connectivity index is 2.36. The SMILES string of the molecule is CCCCCCCCCCC[C@H](CC1OC(=O)[C@@H]1CCCCCC)OC(=O)CNC=O. The summed E-state index contributed by atoms with van der Waals surface area (Å²) in [6.45, 7) is 4.28. The molecular weight excluding hydrogens is 394 g/mol. The lowest BCUT2D eigenvalue weighted by molar-refractivity contribution is -0.190. The van der Waals surface area contributed by atoms with Crippen molar-refractivity contribution in [3.8, 4) is 0 Å². The molecule has 1 saturated heterocycles. The molecule has 0 saturated carbocycles. The molecule has 1 aliphatic heterocycles. The summed E-state index contributed by atoms with van der Waals surface area (Å²) in [5, 5.41) is 2.35. The molecule has 1 unspecified atom stereocenters. The fourth-order valence-corrected chi connectivity index (χ4v) is 4.22. The van der Waals surface area contributed by atoms with E-state index in [0.717, 1.165) is 38.5 Å². The highest BCUT2D eigenvalue weighted by Crippen LogP contribution is 2.32. The summed E-state index contributed by atoms with van der Waals surface area (Å²) in [5.74, 6) is -0.607. The third-order valence-corrected chi connectivity index (χ3v) is 6.14. The number of amides is 1. The van der Waals surface area contributed by atoms with Gasteiger partial charge in [-0.05, 0) is 19.3 Å². The van der Waals surface area contributed by atoms with Crippen molar-refractivity contribution in [1.82, 2.24) is 5.32 Å². The first kappa shape index (κ1) is 27.4. The normalized spacial score (nSPS) is 18.7. The van der Waals surface area contributed by atoms with E-state index in [0.29, 0.717) is 12.8 Å². The van der Waals surface area contributed by atoms with Gasteiger partial charge >= 0.3 is 11.9 Å². The number of hydrogen-bond donors (Lipinski definition) is 1. The molecule has 0 bridgehead atoms. The maximum Gasteiger partial charge on any atom is 0.325 e. The minimum absolute atomic E-state index is 0.0609. The van der Waals surface area contributed by atoms with Crippen LogP contribution in [0.15, 0.2) is 0 Å². The van der Waals surface area contributed by atoms with Crippen molar-refractivity contribution in [2.24, 2.45) is 5.92 Å².